The molecule has 3 unspecified atom stereocenters. The highest BCUT2D eigenvalue weighted by Crippen LogP contribution is 2.42. The molecule has 2 rings (SSSR count). The van der Waals surface area contributed by atoms with Gasteiger partial charge in [0.1, 0.15) is 0 Å². The van der Waals surface area contributed by atoms with Gasteiger partial charge in [-0.25, -0.2) is 0 Å². The summed E-state index contributed by atoms with van der Waals surface area (Å²) >= 11 is 6.53. The highest BCUT2D eigenvalue weighted by atomic mass is 35.5. The number of hydrogen-bond donors (Lipinski definition) is 1. The number of halogens is 1. The van der Waals surface area contributed by atoms with Crippen molar-refractivity contribution in [3.8, 4) is 0 Å². The Morgan fingerprint density at radius 3 is 2.65 bits per heavy atom. The molecule has 1 aromatic carbocycles. The van der Waals surface area contributed by atoms with E-state index in [0.717, 1.165) is 23.4 Å². The van der Waals surface area contributed by atoms with Crippen LogP contribution in [0.5, 0.6) is 0 Å². The molecule has 20 heavy (non-hydrogen) atoms. The summed E-state index contributed by atoms with van der Waals surface area (Å²) in [6.07, 6.45) is 6.77. The van der Waals surface area contributed by atoms with Crippen molar-refractivity contribution >= 4 is 11.6 Å². The Morgan fingerprint density at radius 1 is 1.25 bits per heavy atom. The van der Waals surface area contributed by atoms with Crippen molar-refractivity contribution in [3.63, 3.8) is 0 Å². The second-order valence-electron chi connectivity index (χ2n) is 6.18. The maximum atomic E-state index is 6.53. The second-order valence-corrected chi connectivity index (χ2v) is 6.58. The van der Waals surface area contributed by atoms with Gasteiger partial charge in [0.25, 0.3) is 0 Å². The third-order valence-corrected chi connectivity index (χ3v) is 5.16. The van der Waals surface area contributed by atoms with E-state index in [0.29, 0.717) is 6.04 Å². The summed E-state index contributed by atoms with van der Waals surface area (Å²) in [7, 11) is 0. The molecular weight excluding hydrogens is 266 g/mol. The van der Waals surface area contributed by atoms with Gasteiger partial charge in [0.2, 0.25) is 0 Å². The van der Waals surface area contributed by atoms with E-state index in [9.17, 15) is 0 Å². The Labute approximate surface area is 129 Å². The predicted octanol–water partition coefficient (Wildman–Crippen LogP) is 5.52. The Balaban J connectivity index is 2.29. The normalized spacial score (nSPS) is 24.6. The molecule has 1 fully saturated rings. The van der Waals surface area contributed by atoms with Crippen LogP contribution in [0, 0.1) is 18.8 Å². The second kappa shape index (κ2) is 7.47. The fourth-order valence-electron chi connectivity index (χ4n) is 3.78. The van der Waals surface area contributed by atoms with Gasteiger partial charge in [-0.3, -0.25) is 0 Å². The first kappa shape index (κ1) is 15.9. The summed E-state index contributed by atoms with van der Waals surface area (Å²) in [5, 5.41) is 4.64. The zero-order valence-corrected chi connectivity index (χ0v) is 13.8. The van der Waals surface area contributed by atoms with Crippen LogP contribution in [0.15, 0.2) is 18.2 Å². The van der Waals surface area contributed by atoms with Crippen LogP contribution in [-0.4, -0.2) is 6.54 Å². The average molecular weight is 294 g/mol. The molecule has 1 N–H and O–H groups in total. The van der Waals surface area contributed by atoms with Gasteiger partial charge in [0, 0.05) is 11.1 Å². The van der Waals surface area contributed by atoms with Gasteiger partial charge in [0.05, 0.1) is 0 Å². The molecule has 1 nitrogen and oxygen atoms in total. The number of aryl methyl sites for hydroxylation is 1. The van der Waals surface area contributed by atoms with E-state index in [2.05, 4.69) is 44.3 Å². The van der Waals surface area contributed by atoms with Gasteiger partial charge in [0.15, 0.2) is 0 Å². The lowest BCUT2D eigenvalue weighted by Crippen LogP contribution is -2.34. The van der Waals surface area contributed by atoms with E-state index in [-0.39, 0.29) is 0 Å². The monoisotopic (exact) mass is 293 g/mol. The summed E-state index contributed by atoms with van der Waals surface area (Å²) in [5.74, 6) is 1.57. The summed E-state index contributed by atoms with van der Waals surface area (Å²) < 4.78 is 0. The molecule has 0 spiro atoms. The van der Waals surface area contributed by atoms with Crippen molar-refractivity contribution in [1.82, 2.24) is 5.32 Å². The number of benzene rings is 1. The SMILES string of the molecule is CCNC(c1ccc(C)cc1Cl)C1CCCCC1CC. The Morgan fingerprint density at radius 2 is 2.00 bits per heavy atom. The van der Waals surface area contributed by atoms with Gasteiger partial charge in [-0.15, -0.1) is 0 Å². The van der Waals surface area contributed by atoms with Crippen LogP contribution in [0.2, 0.25) is 5.02 Å². The van der Waals surface area contributed by atoms with Crippen LogP contribution in [0.4, 0.5) is 0 Å². The van der Waals surface area contributed by atoms with Crippen molar-refractivity contribution in [2.45, 2.75) is 58.9 Å². The Bertz CT molecular complexity index is 429. The molecule has 0 bridgehead atoms. The maximum absolute atomic E-state index is 6.53. The largest absolute Gasteiger partial charge is 0.310 e. The number of rotatable bonds is 5. The highest BCUT2D eigenvalue weighted by molar-refractivity contribution is 6.31. The van der Waals surface area contributed by atoms with Crippen molar-refractivity contribution in [1.29, 1.82) is 0 Å². The zero-order valence-electron chi connectivity index (χ0n) is 13.1. The maximum Gasteiger partial charge on any atom is 0.0456 e. The van der Waals surface area contributed by atoms with E-state index >= 15 is 0 Å². The van der Waals surface area contributed by atoms with E-state index in [4.69, 9.17) is 11.6 Å². The van der Waals surface area contributed by atoms with Crippen LogP contribution in [-0.2, 0) is 0 Å². The molecule has 0 aliphatic heterocycles. The molecule has 0 radical (unpaired) electrons. The van der Waals surface area contributed by atoms with Crippen LogP contribution in [0.1, 0.15) is 63.1 Å². The summed E-state index contributed by atoms with van der Waals surface area (Å²) in [6.45, 7) is 7.64. The summed E-state index contributed by atoms with van der Waals surface area (Å²) in [6, 6.07) is 6.94. The molecule has 0 amide bonds. The third kappa shape index (κ3) is 3.56. The zero-order chi connectivity index (χ0) is 14.5. The highest BCUT2D eigenvalue weighted by Gasteiger charge is 2.32. The van der Waals surface area contributed by atoms with Crippen molar-refractivity contribution in [2.75, 3.05) is 6.54 Å². The number of hydrogen-bond acceptors (Lipinski definition) is 1. The van der Waals surface area contributed by atoms with E-state index in [1.165, 1.54) is 43.2 Å². The van der Waals surface area contributed by atoms with Gasteiger partial charge >= 0.3 is 0 Å². The standard InChI is InChI=1S/C18H28ClN/c1-4-14-8-6-7-9-15(14)18(20-5-2)16-11-10-13(3)12-17(16)19/h10-12,14-15,18,20H,4-9H2,1-3H3. The minimum atomic E-state index is 0.415. The molecule has 1 aliphatic carbocycles. The van der Waals surface area contributed by atoms with Gasteiger partial charge in [-0.05, 0) is 48.9 Å². The first-order chi connectivity index (χ1) is 9.67. The van der Waals surface area contributed by atoms with Crippen molar-refractivity contribution < 1.29 is 0 Å². The quantitative estimate of drug-likeness (QED) is 0.754. The van der Waals surface area contributed by atoms with E-state index in [1.807, 2.05) is 0 Å². The molecule has 1 aliphatic rings. The van der Waals surface area contributed by atoms with Crippen LogP contribution < -0.4 is 5.32 Å². The minimum Gasteiger partial charge on any atom is -0.310 e. The van der Waals surface area contributed by atoms with E-state index in [1.54, 1.807) is 0 Å². The molecule has 2 heteroatoms. The first-order valence-electron chi connectivity index (χ1n) is 8.16. The average Bonchev–Trinajstić information content (AvgIpc) is 2.45. The van der Waals surface area contributed by atoms with Crippen LogP contribution in [0.25, 0.3) is 0 Å². The molecular formula is C18H28ClN. The van der Waals surface area contributed by atoms with Crippen molar-refractivity contribution in [2.24, 2.45) is 11.8 Å². The fraction of sp³-hybridized carbons (Fsp3) is 0.667. The topological polar surface area (TPSA) is 12.0 Å². The molecule has 0 saturated heterocycles. The fourth-order valence-corrected chi connectivity index (χ4v) is 4.13. The third-order valence-electron chi connectivity index (χ3n) is 4.84. The molecule has 112 valence electrons. The molecule has 1 aromatic rings. The summed E-state index contributed by atoms with van der Waals surface area (Å²) in [5.41, 5.74) is 2.54. The number of nitrogens with one attached hydrogen (secondary N) is 1. The first-order valence-corrected chi connectivity index (χ1v) is 8.54. The van der Waals surface area contributed by atoms with Crippen LogP contribution in [0.3, 0.4) is 0 Å². The van der Waals surface area contributed by atoms with Crippen molar-refractivity contribution in [3.05, 3.63) is 34.3 Å². The van der Waals surface area contributed by atoms with Crippen LogP contribution >= 0.6 is 11.6 Å². The van der Waals surface area contributed by atoms with Gasteiger partial charge in [-0.2, -0.15) is 0 Å². The summed E-state index contributed by atoms with van der Waals surface area (Å²) in [4.78, 5) is 0. The lowest BCUT2D eigenvalue weighted by atomic mass is 9.72. The lowest BCUT2D eigenvalue weighted by Gasteiger charge is -2.38. The Kier molecular flexibility index (Phi) is 5.92. The molecule has 1 saturated carbocycles. The smallest absolute Gasteiger partial charge is 0.0456 e. The predicted molar refractivity (Wildman–Crippen MR) is 88.3 cm³/mol. The molecule has 0 aromatic heterocycles. The Hall–Kier alpha value is -0.530. The van der Waals surface area contributed by atoms with Gasteiger partial charge < -0.3 is 5.32 Å². The molecule has 3 atom stereocenters. The minimum absolute atomic E-state index is 0.415. The lowest BCUT2D eigenvalue weighted by molar-refractivity contribution is 0.177. The van der Waals surface area contributed by atoms with E-state index < -0.39 is 0 Å². The molecule has 0 heterocycles. The van der Waals surface area contributed by atoms with Gasteiger partial charge in [-0.1, -0.05) is 63.3 Å².